The lowest BCUT2D eigenvalue weighted by atomic mass is 9.90. The van der Waals surface area contributed by atoms with Gasteiger partial charge in [-0.05, 0) is 26.7 Å². The lowest BCUT2D eigenvalue weighted by Crippen LogP contribution is -2.52. The van der Waals surface area contributed by atoms with E-state index in [-0.39, 0.29) is 12.1 Å². The van der Waals surface area contributed by atoms with Crippen LogP contribution in [0, 0.1) is 0 Å². The molecule has 0 aromatic rings. The Morgan fingerprint density at radius 2 is 1.81 bits per heavy atom. The highest BCUT2D eigenvalue weighted by Crippen LogP contribution is 2.28. The summed E-state index contributed by atoms with van der Waals surface area (Å²) in [5, 5.41) is 9.78. The SMILES string of the molecule is CC(C)N(CC(F)(F)F)[C@@H]1CCCC[C@H]1O. The average Bonchev–Trinajstić information content (AvgIpc) is 2.13. The Kier molecular flexibility index (Phi) is 4.62. The highest BCUT2D eigenvalue weighted by Gasteiger charge is 2.38. The number of hydrogen-bond acceptors (Lipinski definition) is 2. The van der Waals surface area contributed by atoms with Crippen molar-refractivity contribution in [3.8, 4) is 0 Å². The van der Waals surface area contributed by atoms with Crippen LogP contribution in [0.4, 0.5) is 13.2 Å². The van der Waals surface area contributed by atoms with Crippen LogP contribution in [0.3, 0.4) is 0 Å². The molecule has 1 N–H and O–H groups in total. The van der Waals surface area contributed by atoms with Crippen LogP contribution in [0.5, 0.6) is 0 Å². The summed E-state index contributed by atoms with van der Waals surface area (Å²) in [7, 11) is 0. The zero-order valence-electron chi connectivity index (χ0n) is 9.80. The molecule has 1 aliphatic rings. The van der Waals surface area contributed by atoms with Gasteiger partial charge in [-0.1, -0.05) is 12.8 Å². The average molecular weight is 239 g/mol. The molecular formula is C11H20F3NO. The van der Waals surface area contributed by atoms with Crippen molar-refractivity contribution in [2.24, 2.45) is 0 Å². The van der Waals surface area contributed by atoms with Crippen molar-refractivity contribution in [1.82, 2.24) is 4.90 Å². The highest BCUT2D eigenvalue weighted by molar-refractivity contribution is 4.85. The third kappa shape index (κ3) is 3.94. The van der Waals surface area contributed by atoms with Crippen molar-refractivity contribution in [2.45, 2.75) is 63.9 Å². The fourth-order valence-corrected chi connectivity index (χ4v) is 2.37. The number of hydrogen-bond donors (Lipinski definition) is 1. The van der Waals surface area contributed by atoms with Gasteiger partial charge >= 0.3 is 6.18 Å². The van der Waals surface area contributed by atoms with Crippen molar-refractivity contribution in [2.75, 3.05) is 6.54 Å². The maximum Gasteiger partial charge on any atom is 0.401 e. The van der Waals surface area contributed by atoms with E-state index in [1.807, 2.05) is 0 Å². The van der Waals surface area contributed by atoms with E-state index < -0.39 is 18.8 Å². The van der Waals surface area contributed by atoms with Crippen molar-refractivity contribution in [3.63, 3.8) is 0 Å². The summed E-state index contributed by atoms with van der Waals surface area (Å²) < 4.78 is 37.3. The largest absolute Gasteiger partial charge is 0.401 e. The van der Waals surface area contributed by atoms with E-state index >= 15 is 0 Å². The van der Waals surface area contributed by atoms with Crippen LogP contribution in [-0.4, -0.2) is 40.9 Å². The van der Waals surface area contributed by atoms with Crippen LogP contribution in [0.2, 0.25) is 0 Å². The molecule has 1 rings (SSSR count). The molecule has 96 valence electrons. The topological polar surface area (TPSA) is 23.5 Å². The Morgan fingerprint density at radius 3 is 2.25 bits per heavy atom. The highest BCUT2D eigenvalue weighted by atomic mass is 19.4. The molecule has 1 aliphatic carbocycles. The molecule has 2 nitrogen and oxygen atoms in total. The van der Waals surface area contributed by atoms with Crippen molar-refractivity contribution < 1.29 is 18.3 Å². The molecule has 0 aliphatic heterocycles. The van der Waals surface area contributed by atoms with Gasteiger partial charge in [0.2, 0.25) is 0 Å². The molecule has 1 saturated carbocycles. The Hall–Kier alpha value is -0.290. The molecule has 0 unspecified atom stereocenters. The number of aliphatic hydroxyl groups is 1. The minimum Gasteiger partial charge on any atom is -0.391 e. The molecule has 16 heavy (non-hydrogen) atoms. The summed E-state index contributed by atoms with van der Waals surface area (Å²) in [5.74, 6) is 0. The summed E-state index contributed by atoms with van der Waals surface area (Å²) in [6.07, 6.45) is -1.71. The molecule has 2 atom stereocenters. The van der Waals surface area contributed by atoms with E-state index in [1.165, 1.54) is 4.90 Å². The van der Waals surface area contributed by atoms with Crippen LogP contribution >= 0.6 is 0 Å². The zero-order chi connectivity index (χ0) is 12.3. The van der Waals surface area contributed by atoms with Crippen LogP contribution in [-0.2, 0) is 0 Å². The second-order valence-corrected chi connectivity index (χ2v) is 4.80. The first-order valence-electron chi connectivity index (χ1n) is 5.82. The number of alkyl halides is 3. The molecule has 0 radical (unpaired) electrons. The second-order valence-electron chi connectivity index (χ2n) is 4.80. The number of rotatable bonds is 3. The Labute approximate surface area is 94.4 Å². The molecule has 1 fully saturated rings. The predicted molar refractivity (Wildman–Crippen MR) is 56.2 cm³/mol. The van der Waals surface area contributed by atoms with E-state index in [4.69, 9.17) is 0 Å². The van der Waals surface area contributed by atoms with Crippen LogP contribution < -0.4 is 0 Å². The van der Waals surface area contributed by atoms with Crippen LogP contribution in [0.1, 0.15) is 39.5 Å². The van der Waals surface area contributed by atoms with Crippen molar-refractivity contribution in [1.29, 1.82) is 0 Å². The van der Waals surface area contributed by atoms with Gasteiger partial charge in [0, 0.05) is 12.1 Å². The van der Waals surface area contributed by atoms with E-state index in [9.17, 15) is 18.3 Å². The molecule has 0 spiro atoms. The molecular weight excluding hydrogens is 219 g/mol. The van der Waals surface area contributed by atoms with E-state index in [2.05, 4.69) is 0 Å². The first kappa shape index (κ1) is 13.8. The predicted octanol–water partition coefficient (Wildman–Crippen LogP) is 2.56. The minimum atomic E-state index is -4.19. The first-order valence-corrected chi connectivity index (χ1v) is 5.82. The van der Waals surface area contributed by atoms with Gasteiger partial charge in [-0.15, -0.1) is 0 Å². The molecule has 0 aromatic carbocycles. The number of aliphatic hydroxyl groups excluding tert-OH is 1. The van der Waals surface area contributed by atoms with Gasteiger partial charge in [0.05, 0.1) is 12.6 Å². The number of nitrogens with zero attached hydrogens (tertiary/aromatic N) is 1. The van der Waals surface area contributed by atoms with Gasteiger partial charge in [-0.25, -0.2) is 0 Å². The molecule has 5 heteroatoms. The van der Waals surface area contributed by atoms with E-state index in [1.54, 1.807) is 13.8 Å². The van der Waals surface area contributed by atoms with Crippen molar-refractivity contribution >= 4 is 0 Å². The van der Waals surface area contributed by atoms with Crippen molar-refractivity contribution in [3.05, 3.63) is 0 Å². The maximum atomic E-state index is 12.4. The summed E-state index contributed by atoms with van der Waals surface area (Å²) in [5.41, 5.74) is 0. The molecule has 0 aromatic heterocycles. The summed E-state index contributed by atoms with van der Waals surface area (Å²) in [6.45, 7) is 2.56. The summed E-state index contributed by atoms with van der Waals surface area (Å²) in [4.78, 5) is 1.38. The Bertz CT molecular complexity index is 218. The molecule has 0 heterocycles. The Morgan fingerprint density at radius 1 is 1.25 bits per heavy atom. The third-order valence-corrected chi connectivity index (χ3v) is 3.15. The van der Waals surface area contributed by atoms with Crippen LogP contribution in [0.15, 0.2) is 0 Å². The van der Waals surface area contributed by atoms with Gasteiger partial charge in [0.1, 0.15) is 0 Å². The van der Waals surface area contributed by atoms with E-state index in [0.29, 0.717) is 12.8 Å². The fraction of sp³-hybridized carbons (Fsp3) is 1.00. The molecule has 0 amide bonds. The lowest BCUT2D eigenvalue weighted by Gasteiger charge is -2.40. The first-order chi connectivity index (χ1) is 7.31. The van der Waals surface area contributed by atoms with Gasteiger partial charge in [-0.3, -0.25) is 4.90 Å². The minimum absolute atomic E-state index is 0.195. The monoisotopic (exact) mass is 239 g/mol. The smallest absolute Gasteiger partial charge is 0.391 e. The fourth-order valence-electron chi connectivity index (χ4n) is 2.37. The zero-order valence-corrected chi connectivity index (χ0v) is 9.80. The van der Waals surface area contributed by atoms with Gasteiger partial charge < -0.3 is 5.11 Å². The van der Waals surface area contributed by atoms with Gasteiger partial charge in [0.15, 0.2) is 0 Å². The maximum absolute atomic E-state index is 12.4. The molecule has 0 saturated heterocycles. The number of halogens is 3. The molecule has 0 bridgehead atoms. The third-order valence-electron chi connectivity index (χ3n) is 3.15. The quantitative estimate of drug-likeness (QED) is 0.818. The Balaban J connectivity index is 2.68. The van der Waals surface area contributed by atoms with Gasteiger partial charge in [0.25, 0.3) is 0 Å². The second kappa shape index (κ2) is 5.36. The standard InChI is InChI=1S/C11H20F3NO/c1-8(2)15(7-11(12,13)14)9-5-3-4-6-10(9)16/h8-10,16H,3-7H2,1-2H3/t9-,10-/m1/s1. The normalized spacial score (nSPS) is 27.8. The summed E-state index contributed by atoms with van der Waals surface area (Å²) in [6, 6.07) is -0.533. The van der Waals surface area contributed by atoms with Gasteiger partial charge in [-0.2, -0.15) is 13.2 Å². The van der Waals surface area contributed by atoms with E-state index in [0.717, 1.165) is 12.8 Å². The summed E-state index contributed by atoms with van der Waals surface area (Å²) >= 11 is 0. The lowest BCUT2D eigenvalue weighted by molar-refractivity contribution is -0.162. The van der Waals surface area contributed by atoms with Crippen LogP contribution in [0.25, 0.3) is 0 Å².